The summed E-state index contributed by atoms with van der Waals surface area (Å²) in [5, 5.41) is 19.4. The summed E-state index contributed by atoms with van der Waals surface area (Å²) in [4.78, 5) is 0.809. The molecule has 1 spiro atoms. The summed E-state index contributed by atoms with van der Waals surface area (Å²) in [7, 11) is 0. The monoisotopic (exact) mass is 306 g/mol. The number of thioether (sulfide) groups is 1. The zero-order valence-corrected chi connectivity index (χ0v) is 11.8. The third-order valence-corrected chi connectivity index (χ3v) is 5.60. The van der Waals surface area contributed by atoms with Crippen LogP contribution in [-0.4, -0.2) is 16.1 Å². The van der Waals surface area contributed by atoms with Gasteiger partial charge in [-0.3, -0.25) is 0 Å². The van der Waals surface area contributed by atoms with E-state index in [4.69, 9.17) is 0 Å². The maximum atomic E-state index is 13.5. The molecule has 2 aromatic carbocycles. The van der Waals surface area contributed by atoms with Crippen LogP contribution in [0.2, 0.25) is 0 Å². The van der Waals surface area contributed by atoms with Gasteiger partial charge in [0.1, 0.15) is 11.5 Å². The van der Waals surface area contributed by atoms with Crippen molar-refractivity contribution in [2.24, 2.45) is 0 Å². The molecular weight excluding hydrogens is 294 g/mol. The number of benzene rings is 2. The van der Waals surface area contributed by atoms with Gasteiger partial charge in [-0.25, -0.2) is 8.78 Å². The van der Waals surface area contributed by atoms with Crippen molar-refractivity contribution in [3.8, 4) is 22.6 Å². The van der Waals surface area contributed by atoms with Gasteiger partial charge in [-0.05, 0) is 47.0 Å². The summed E-state index contributed by atoms with van der Waals surface area (Å²) >= 11 is 1.36. The van der Waals surface area contributed by atoms with Gasteiger partial charge in [0, 0.05) is 17.7 Å². The first kappa shape index (κ1) is 13.0. The van der Waals surface area contributed by atoms with Crippen molar-refractivity contribution in [3.05, 3.63) is 42.0 Å². The van der Waals surface area contributed by atoms with Crippen molar-refractivity contribution in [3.63, 3.8) is 0 Å². The summed E-state index contributed by atoms with van der Waals surface area (Å²) in [5.41, 5.74) is 2.53. The number of alkyl halides is 2. The lowest BCUT2D eigenvalue weighted by molar-refractivity contribution is -0.0977. The molecule has 1 aliphatic heterocycles. The van der Waals surface area contributed by atoms with Gasteiger partial charge < -0.3 is 10.2 Å². The van der Waals surface area contributed by atoms with Crippen molar-refractivity contribution in [2.45, 2.75) is 28.4 Å². The highest BCUT2D eigenvalue weighted by molar-refractivity contribution is 8.00. The summed E-state index contributed by atoms with van der Waals surface area (Å²) in [5.74, 6) is -2.44. The van der Waals surface area contributed by atoms with Crippen molar-refractivity contribution < 1.29 is 19.0 Å². The van der Waals surface area contributed by atoms with E-state index in [9.17, 15) is 19.0 Å². The highest BCUT2D eigenvalue weighted by atomic mass is 32.2. The highest BCUT2D eigenvalue weighted by Crippen LogP contribution is 2.66. The second kappa shape index (κ2) is 3.91. The molecule has 2 nitrogen and oxygen atoms in total. The van der Waals surface area contributed by atoms with Crippen LogP contribution in [0.4, 0.5) is 8.78 Å². The largest absolute Gasteiger partial charge is 0.508 e. The van der Waals surface area contributed by atoms with E-state index in [1.807, 2.05) is 0 Å². The van der Waals surface area contributed by atoms with E-state index in [2.05, 4.69) is 0 Å². The fraction of sp³-hybridized carbons (Fsp3) is 0.250. The van der Waals surface area contributed by atoms with E-state index in [1.54, 1.807) is 36.4 Å². The second-order valence-corrected chi connectivity index (χ2v) is 7.14. The molecule has 0 saturated heterocycles. The third-order valence-electron chi connectivity index (χ3n) is 4.14. The zero-order chi connectivity index (χ0) is 14.8. The Morgan fingerprint density at radius 2 is 1.52 bits per heavy atom. The summed E-state index contributed by atoms with van der Waals surface area (Å²) in [6, 6.07) is 9.91. The lowest BCUT2D eigenvalue weighted by Crippen LogP contribution is -2.48. The van der Waals surface area contributed by atoms with Crippen LogP contribution in [0.15, 0.2) is 41.3 Å². The second-order valence-electron chi connectivity index (χ2n) is 5.72. The molecule has 108 valence electrons. The Labute approximate surface area is 124 Å². The topological polar surface area (TPSA) is 40.5 Å². The molecule has 1 fully saturated rings. The molecule has 2 aromatic rings. The summed E-state index contributed by atoms with van der Waals surface area (Å²) < 4.78 is 26.3. The molecule has 0 radical (unpaired) electrons. The molecule has 1 saturated carbocycles. The van der Waals surface area contributed by atoms with Crippen LogP contribution in [0.1, 0.15) is 18.4 Å². The number of aromatic hydroxyl groups is 2. The van der Waals surface area contributed by atoms with Gasteiger partial charge in [-0.1, -0.05) is 6.07 Å². The van der Waals surface area contributed by atoms with E-state index in [-0.39, 0.29) is 24.3 Å². The molecule has 1 aliphatic carbocycles. The predicted molar refractivity (Wildman–Crippen MR) is 76.9 cm³/mol. The molecule has 0 unspecified atom stereocenters. The van der Waals surface area contributed by atoms with E-state index in [0.29, 0.717) is 0 Å². The Kier molecular flexibility index (Phi) is 2.41. The van der Waals surface area contributed by atoms with E-state index < -0.39 is 10.7 Å². The Hall–Kier alpha value is -1.75. The number of rotatable bonds is 0. The number of hydrogen-bond donors (Lipinski definition) is 2. The Morgan fingerprint density at radius 3 is 2.19 bits per heavy atom. The normalized spacial score (nSPS) is 20.5. The van der Waals surface area contributed by atoms with Gasteiger partial charge in [0.25, 0.3) is 5.92 Å². The minimum atomic E-state index is -2.66. The summed E-state index contributed by atoms with van der Waals surface area (Å²) in [6.45, 7) is 0. The Bertz CT molecular complexity index is 750. The molecule has 0 amide bonds. The number of halogens is 2. The molecule has 0 atom stereocenters. The quantitative estimate of drug-likeness (QED) is 0.753. The van der Waals surface area contributed by atoms with Gasteiger partial charge >= 0.3 is 0 Å². The first-order chi connectivity index (χ1) is 9.89. The van der Waals surface area contributed by atoms with Crippen LogP contribution >= 0.6 is 11.8 Å². The van der Waals surface area contributed by atoms with Crippen LogP contribution in [-0.2, 0) is 4.75 Å². The van der Waals surface area contributed by atoms with Crippen LogP contribution in [0.25, 0.3) is 11.1 Å². The smallest absolute Gasteiger partial charge is 0.251 e. The van der Waals surface area contributed by atoms with Gasteiger partial charge in [-0.2, -0.15) is 0 Å². The number of hydrogen-bond acceptors (Lipinski definition) is 3. The molecule has 2 N–H and O–H groups in total. The van der Waals surface area contributed by atoms with E-state index in [1.165, 1.54) is 11.8 Å². The first-order valence-electron chi connectivity index (χ1n) is 6.62. The molecule has 4 rings (SSSR count). The zero-order valence-electron chi connectivity index (χ0n) is 10.9. The fourth-order valence-electron chi connectivity index (χ4n) is 3.27. The average Bonchev–Trinajstić information content (AvgIpc) is 2.36. The van der Waals surface area contributed by atoms with Crippen LogP contribution in [0.5, 0.6) is 11.5 Å². The minimum absolute atomic E-state index is 0.0890. The van der Waals surface area contributed by atoms with Crippen molar-refractivity contribution in [1.82, 2.24) is 0 Å². The SMILES string of the molecule is Oc1ccc2c(c1)SC1(CC(F)(F)C1)c1cc(O)ccc1-2. The molecule has 0 bridgehead atoms. The van der Waals surface area contributed by atoms with E-state index in [0.717, 1.165) is 21.6 Å². The van der Waals surface area contributed by atoms with Gasteiger partial charge in [0.05, 0.1) is 4.75 Å². The molecular formula is C16H12F2O2S. The Balaban J connectivity index is 1.94. The van der Waals surface area contributed by atoms with Gasteiger partial charge in [0.2, 0.25) is 0 Å². The lowest BCUT2D eigenvalue weighted by atomic mass is 9.73. The molecule has 0 aromatic heterocycles. The minimum Gasteiger partial charge on any atom is -0.508 e. The van der Waals surface area contributed by atoms with Gasteiger partial charge in [0.15, 0.2) is 0 Å². The van der Waals surface area contributed by atoms with Crippen LogP contribution in [0.3, 0.4) is 0 Å². The maximum Gasteiger partial charge on any atom is 0.251 e. The molecule has 5 heteroatoms. The van der Waals surface area contributed by atoms with Crippen LogP contribution < -0.4 is 0 Å². The number of phenolic OH excluding ortho intramolecular Hbond substituents is 2. The van der Waals surface area contributed by atoms with Crippen molar-refractivity contribution >= 4 is 11.8 Å². The highest BCUT2D eigenvalue weighted by Gasteiger charge is 2.60. The maximum absolute atomic E-state index is 13.5. The predicted octanol–water partition coefficient (Wildman–Crippen LogP) is 4.49. The Morgan fingerprint density at radius 1 is 0.905 bits per heavy atom. The number of fused-ring (bicyclic) bond motifs is 4. The van der Waals surface area contributed by atoms with Gasteiger partial charge in [-0.15, -0.1) is 11.8 Å². The molecule has 2 aliphatic rings. The average molecular weight is 306 g/mol. The number of phenols is 2. The van der Waals surface area contributed by atoms with Crippen molar-refractivity contribution in [1.29, 1.82) is 0 Å². The van der Waals surface area contributed by atoms with E-state index >= 15 is 0 Å². The van der Waals surface area contributed by atoms with Crippen molar-refractivity contribution in [2.75, 3.05) is 0 Å². The standard InChI is InChI=1S/C16H12F2O2S/c17-16(18)7-15(8-16)13-5-9(19)1-3-11(13)12-4-2-10(20)6-14(12)21-15/h1-6,19-20H,7-8H2. The van der Waals surface area contributed by atoms with Crippen LogP contribution in [0, 0.1) is 0 Å². The molecule has 21 heavy (non-hydrogen) atoms. The first-order valence-corrected chi connectivity index (χ1v) is 7.44. The lowest BCUT2D eigenvalue weighted by Gasteiger charge is -2.50. The molecule has 1 heterocycles. The summed E-state index contributed by atoms with van der Waals surface area (Å²) in [6.07, 6.45) is -0.480. The fourth-order valence-corrected chi connectivity index (χ4v) is 5.01. The third kappa shape index (κ3) is 1.83.